The second-order valence-electron chi connectivity index (χ2n) is 5.94. The van der Waals surface area contributed by atoms with Crippen LogP contribution < -0.4 is 5.32 Å². The molecule has 2 aromatic heterocycles. The largest absolute Gasteiger partial charge is 0.452 e. The minimum Gasteiger partial charge on any atom is -0.452 e. The first-order chi connectivity index (χ1) is 13.1. The lowest BCUT2D eigenvalue weighted by Crippen LogP contribution is -2.22. The Bertz CT molecular complexity index is 934. The number of carbonyl (C=O) groups is 2. The van der Waals surface area contributed by atoms with Crippen LogP contribution in [0.1, 0.15) is 28.4 Å². The van der Waals surface area contributed by atoms with Crippen LogP contribution in [0.2, 0.25) is 0 Å². The van der Waals surface area contributed by atoms with Crippen molar-refractivity contribution in [3.63, 3.8) is 0 Å². The number of nitrogens with one attached hydrogen (secondary N) is 1. The SMILES string of the molecule is CCc1cccc(C)c1NC(=O)COC(=O)c1ccc(-n2cccn2)nc1. The normalized spacial score (nSPS) is 10.4. The first-order valence-corrected chi connectivity index (χ1v) is 8.60. The number of esters is 1. The zero-order valence-corrected chi connectivity index (χ0v) is 15.2. The molecule has 0 saturated carbocycles. The van der Waals surface area contributed by atoms with Crippen molar-refractivity contribution in [3.8, 4) is 5.82 Å². The lowest BCUT2D eigenvalue weighted by Gasteiger charge is -2.13. The van der Waals surface area contributed by atoms with Crippen LogP contribution in [-0.2, 0) is 16.0 Å². The van der Waals surface area contributed by atoms with Gasteiger partial charge in [0.2, 0.25) is 0 Å². The Labute approximate surface area is 157 Å². The third kappa shape index (κ3) is 4.38. The number of hydrogen-bond donors (Lipinski definition) is 1. The molecule has 0 atom stereocenters. The summed E-state index contributed by atoms with van der Waals surface area (Å²) in [6, 6.07) is 10.9. The summed E-state index contributed by atoms with van der Waals surface area (Å²) in [5.41, 5.74) is 3.04. The van der Waals surface area contributed by atoms with Gasteiger partial charge in [-0.15, -0.1) is 0 Å². The number of rotatable bonds is 6. The molecule has 3 rings (SSSR count). The van der Waals surface area contributed by atoms with Gasteiger partial charge in [0.05, 0.1) is 5.56 Å². The van der Waals surface area contributed by atoms with E-state index in [1.165, 1.54) is 6.20 Å². The average molecular weight is 364 g/mol. The van der Waals surface area contributed by atoms with Gasteiger partial charge in [-0.3, -0.25) is 4.79 Å². The van der Waals surface area contributed by atoms with Gasteiger partial charge in [0, 0.05) is 24.3 Å². The summed E-state index contributed by atoms with van der Waals surface area (Å²) in [4.78, 5) is 28.5. The van der Waals surface area contributed by atoms with Crippen LogP contribution in [0.3, 0.4) is 0 Å². The van der Waals surface area contributed by atoms with Crippen molar-refractivity contribution in [1.29, 1.82) is 0 Å². The molecule has 1 amide bonds. The Kier molecular flexibility index (Phi) is 5.61. The zero-order chi connectivity index (χ0) is 19.2. The van der Waals surface area contributed by atoms with E-state index in [4.69, 9.17) is 4.74 Å². The van der Waals surface area contributed by atoms with Gasteiger partial charge in [-0.2, -0.15) is 5.10 Å². The van der Waals surface area contributed by atoms with E-state index >= 15 is 0 Å². The highest BCUT2D eigenvalue weighted by molar-refractivity contribution is 5.96. The average Bonchev–Trinajstić information content (AvgIpc) is 3.22. The van der Waals surface area contributed by atoms with E-state index in [1.807, 2.05) is 32.0 Å². The highest BCUT2D eigenvalue weighted by Gasteiger charge is 2.13. The van der Waals surface area contributed by atoms with Gasteiger partial charge in [0.25, 0.3) is 5.91 Å². The van der Waals surface area contributed by atoms with E-state index in [9.17, 15) is 9.59 Å². The van der Waals surface area contributed by atoms with E-state index in [-0.39, 0.29) is 18.1 Å². The Morgan fingerprint density at radius 3 is 2.70 bits per heavy atom. The van der Waals surface area contributed by atoms with E-state index in [1.54, 1.807) is 35.3 Å². The minimum absolute atomic E-state index is 0.267. The van der Waals surface area contributed by atoms with Crippen LogP contribution in [0.4, 0.5) is 5.69 Å². The summed E-state index contributed by atoms with van der Waals surface area (Å²) in [6.45, 7) is 3.58. The van der Waals surface area contributed by atoms with Crippen LogP contribution in [0.5, 0.6) is 0 Å². The molecule has 0 fully saturated rings. The third-order valence-corrected chi connectivity index (χ3v) is 4.06. The molecule has 0 radical (unpaired) electrons. The van der Waals surface area contributed by atoms with Gasteiger partial charge in [-0.1, -0.05) is 25.1 Å². The Hall–Kier alpha value is -3.48. The van der Waals surface area contributed by atoms with Crippen LogP contribution in [-0.4, -0.2) is 33.2 Å². The Balaban J connectivity index is 1.58. The molecule has 0 unspecified atom stereocenters. The van der Waals surface area contributed by atoms with E-state index in [0.29, 0.717) is 5.82 Å². The summed E-state index contributed by atoms with van der Waals surface area (Å²) >= 11 is 0. The number of amides is 1. The molecule has 7 heteroatoms. The van der Waals surface area contributed by atoms with Crippen molar-refractivity contribution < 1.29 is 14.3 Å². The molecule has 2 heterocycles. The predicted molar refractivity (Wildman–Crippen MR) is 101 cm³/mol. The van der Waals surface area contributed by atoms with Gasteiger partial charge in [-0.05, 0) is 42.7 Å². The van der Waals surface area contributed by atoms with Crippen molar-refractivity contribution in [2.24, 2.45) is 0 Å². The first-order valence-electron chi connectivity index (χ1n) is 8.60. The molecule has 7 nitrogen and oxygen atoms in total. The summed E-state index contributed by atoms with van der Waals surface area (Å²) < 4.78 is 6.67. The molecule has 0 aliphatic heterocycles. The highest BCUT2D eigenvalue weighted by atomic mass is 16.5. The standard InChI is InChI=1S/C20H20N4O3/c1-3-15-7-4-6-14(2)19(15)23-18(25)13-27-20(26)16-8-9-17(21-12-16)24-11-5-10-22-24/h4-12H,3,13H2,1-2H3,(H,23,25). The van der Waals surface area contributed by atoms with Crippen molar-refractivity contribution in [2.75, 3.05) is 11.9 Å². The van der Waals surface area contributed by atoms with E-state index < -0.39 is 5.97 Å². The number of benzene rings is 1. The van der Waals surface area contributed by atoms with Gasteiger partial charge < -0.3 is 10.1 Å². The fraction of sp³-hybridized carbons (Fsp3) is 0.200. The number of hydrogen-bond acceptors (Lipinski definition) is 5. The number of ether oxygens (including phenoxy) is 1. The van der Waals surface area contributed by atoms with Crippen LogP contribution in [0.25, 0.3) is 5.82 Å². The molecular weight excluding hydrogens is 344 g/mol. The highest BCUT2D eigenvalue weighted by Crippen LogP contribution is 2.20. The maximum absolute atomic E-state index is 12.2. The number of aryl methyl sites for hydroxylation is 2. The van der Waals surface area contributed by atoms with Crippen molar-refractivity contribution in [2.45, 2.75) is 20.3 Å². The van der Waals surface area contributed by atoms with E-state index in [0.717, 1.165) is 23.2 Å². The molecular formula is C20H20N4O3. The van der Waals surface area contributed by atoms with Crippen molar-refractivity contribution in [3.05, 3.63) is 71.7 Å². The van der Waals surface area contributed by atoms with Crippen LogP contribution in [0, 0.1) is 6.92 Å². The zero-order valence-electron chi connectivity index (χ0n) is 15.2. The monoisotopic (exact) mass is 364 g/mol. The Morgan fingerprint density at radius 2 is 2.04 bits per heavy atom. The lowest BCUT2D eigenvalue weighted by atomic mass is 10.1. The number of carbonyl (C=O) groups excluding carboxylic acids is 2. The van der Waals surface area contributed by atoms with Gasteiger partial charge >= 0.3 is 5.97 Å². The van der Waals surface area contributed by atoms with Crippen LogP contribution >= 0.6 is 0 Å². The first kappa shape index (κ1) is 18.3. The van der Waals surface area contributed by atoms with Crippen LogP contribution in [0.15, 0.2) is 55.0 Å². The van der Waals surface area contributed by atoms with E-state index in [2.05, 4.69) is 15.4 Å². The molecule has 1 aromatic carbocycles. The topological polar surface area (TPSA) is 86.1 Å². The quantitative estimate of drug-likeness (QED) is 0.680. The fourth-order valence-corrected chi connectivity index (χ4v) is 2.64. The molecule has 0 saturated heterocycles. The molecule has 0 aliphatic rings. The third-order valence-electron chi connectivity index (χ3n) is 4.06. The molecule has 1 N–H and O–H groups in total. The molecule has 3 aromatic rings. The van der Waals surface area contributed by atoms with Gasteiger partial charge in [0.1, 0.15) is 0 Å². The number of aromatic nitrogens is 3. The minimum atomic E-state index is -0.606. The molecule has 0 spiro atoms. The Morgan fingerprint density at radius 1 is 1.19 bits per heavy atom. The molecule has 0 aliphatic carbocycles. The number of nitrogens with zero attached hydrogens (tertiary/aromatic N) is 3. The number of para-hydroxylation sites is 1. The van der Waals surface area contributed by atoms with Gasteiger partial charge in [0.15, 0.2) is 12.4 Å². The summed E-state index contributed by atoms with van der Waals surface area (Å²) in [5, 5.41) is 6.89. The molecule has 138 valence electrons. The predicted octanol–water partition coefficient (Wildman–Crippen LogP) is 2.93. The smallest absolute Gasteiger partial charge is 0.340 e. The summed E-state index contributed by atoms with van der Waals surface area (Å²) in [5.74, 6) is -0.403. The van der Waals surface area contributed by atoms with Crippen molar-refractivity contribution >= 4 is 17.6 Å². The van der Waals surface area contributed by atoms with Gasteiger partial charge in [-0.25, -0.2) is 14.5 Å². The lowest BCUT2D eigenvalue weighted by molar-refractivity contribution is -0.119. The summed E-state index contributed by atoms with van der Waals surface area (Å²) in [7, 11) is 0. The maximum Gasteiger partial charge on any atom is 0.340 e. The maximum atomic E-state index is 12.2. The van der Waals surface area contributed by atoms with Crippen molar-refractivity contribution in [1.82, 2.24) is 14.8 Å². The number of anilines is 1. The number of pyridine rings is 1. The second-order valence-corrected chi connectivity index (χ2v) is 5.94. The molecule has 27 heavy (non-hydrogen) atoms. The second kappa shape index (κ2) is 8.27. The fourth-order valence-electron chi connectivity index (χ4n) is 2.64. The molecule has 0 bridgehead atoms. The summed E-state index contributed by atoms with van der Waals surface area (Å²) in [6.07, 6.45) is 5.58.